The predicted molar refractivity (Wildman–Crippen MR) is 113 cm³/mol. The van der Waals surface area contributed by atoms with Crippen molar-refractivity contribution in [1.82, 2.24) is 15.1 Å². The highest BCUT2D eigenvalue weighted by molar-refractivity contribution is 8.01. The summed E-state index contributed by atoms with van der Waals surface area (Å²) in [6, 6.07) is 18.3. The molecule has 1 aliphatic rings. The number of fused-ring (bicyclic) bond motifs is 1. The molecule has 1 amide bonds. The lowest BCUT2D eigenvalue weighted by Gasteiger charge is -2.26. The topological polar surface area (TPSA) is 46.9 Å². The highest BCUT2D eigenvalue weighted by Crippen LogP contribution is 2.30. The van der Waals surface area contributed by atoms with Crippen LogP contribution < -0.4 is 5.32 Å². The number of hydrogen-bond donors (Lipinski definition) is 1. The van der Waals surface area contributed by atoms with Crippen LogP contribution in [-0.4, -0.2) is 21.4 Å². The van der Waals surface area contributed by atoms with Crippen LogP contribution in [0.25, 0.3) is 5.69 Å². The molecule has 0 saturated carbocycles. The number of amides is 1. The first-order chi connectivity index (χ1) is 13.2. The Morgan fingerprint density at radius 3 is 2.85 bits per heavy atom. The first kappa shape index (κ1) is 18.4. The number of nitrogens with one attached hydrogen (secondary N) is 1. The summed E-state index contributed by atoms with van der Waals surface area (Å²) < 4.78 is 3.24. The van der Waals surface area contributed by atoms with Gasteiger partial charge in [0.1, 0.15) is 0 Å². The normalized spacial score (nSPS) is 15.9. The summed E-state index contributed by atoms with van der Waals surface area (Å²) in [6.45, 7) is 0. The molecule has 0 saturated heterocycles. The molecule has 1 aromatic heterocycles. The van der Waals surface area contributed by atoms with Crippen LogP contribution in [0.1, 0.15) is 30.0 Å². The van der Waals surface area contributed by atoms with Gasteiger partial charge >= 0.3 is 0 Å². The Labute approximate surface area is 171 Å². The number of carbonyl (C=O) groups excluding carboxylic acids is 1. The van der Waals surface area contributed by atoms with Crippen LogP contribution in [-0.2, 0) is 11.2 Å². The van der Waals surface area contributed by atoms with Gasteiger partial charge in [-0.1, -0.05) is 65.6 Å². The first-order valence-corrected chi connectivity index (χ1v) is 11.1. The lowest BCUT2D eigenvalue weighted by Crippen LogP contribution is -2.32. The zero-order valence-corrected chi connectivity index (χ0v) is 17.1. The highest BCUT2D eigenvalue weighted by atomic mass is 32.2. The van der Waals surface area contributed by atoms with E-state index in [2.05, 4.69) is 28.6 Å². The maximum Gasteiger partial charge on any atom is 0.230 e. The van der Waals surface area contributed by atoms with Gasteiger partial charge in [0.15, 0.2) is 8.29 Å². The van der Waals surface area contributed by atoms with Gasteiger partial charge in [0.05, 0.1) is 17.5 Å². The third kappa shape index (κ3) is 4.31. The van der Waals surface area contributed by atoms with Gasteiger partial charge in [0.2, 0.25) is 5.91 Å². The summed E-state index contributed by atoms with van der Waals surface area (Å²) >= 11 is 8.29. The molecule has 0 fully saturated rings. The van der Waals surface area contributed by atoms with Crippen LogP contribution in [0.5, 0.6) is 0 Å². The summed E-state index contributed by atoms with van der Waals surface area (Å²) in [5.41, 5.74) is 3.54. The number of aryl methyl sites for hydroxylation is 1. The fraction of sp³-hybridized carbons (Fsp3) is 0.250. The number of para-hydroxylation sites is 1. The second kappa shape index (κ2) is 8.37. The second-order valence-electron chi connectivity index (χ2n) is 6.38. The van der Waals surface area contributed by atoms with E-state index in [0.717, 1.165) is 29.3 Å². The lowest BCUT2D eigenvalue weighted by atomic mass is 9.88. The Balaban J connectivity index is 1.39. The molecule has 1 atom stereocenters. The molecule has 1 N–H and O–H groups in total. The van der Waals surface area contributed by atoms with Gasteiger partial charge in [-0.25, -0.2) is 4.68 Å². The highest BCUT2D eigenvalue weighted by Gasteiger charge is 2.21. The van der Waals surface area contributed by atoms with Crippen molar-refractivity contribution < 1.29 is 4.79 Å². The Hall–Kier alpha value is -1.96. The van der Waals surface area contributed by atoms with Crippen LogP contribution in [0.4, 0.5) is 0 Å². The average molecular weight is 414 g/mol. The van der Waals surface area contributed by atoms with Crippen LogP contribution in [0.15, 0.2) is 58.9 Å². The molecule has 138 valence electrons. The third-order valence-electron chi connectivity index (χ3n) is 4.56. The maximum atomic E-state index is 12.5. The van der Waals surface area contributed by atoms with E-state index in [1.54, 1.807) is 4.68 Å². The summed E-state index contributed by atoms with van der Waals surface area (Å²) in [6.07, 6.45) is 3.20. The second-order valence-corrected chi connectivity index (χ2v) is 9.23. The molecule has 0 spiro atoms. The van der Waals surface area contributed by atoms with Crippen molar-refractivity contribution in [3.8, 4) is 5.69 Å². The van der Waals surface area contributed by atoms with Crippen LogP contribution in [0.2, 0.25) is 0 Å². The average Bonchev–Trinajstić information content (AvgIpc) is 3.08. The number of aromatic nitrogens is 2. The van der Waals surface area contributed by atoms with Crippen molar-refractivity contribution >= 4 is 41.2 Å². The molecule has 3 aromatic rings. The molecule has 0 bridgehead atoms. The van der Waals surface area contributed by atoms with Crippen molar-refractivity contribution in [2.75, 3.05) is 5.75 Å². The number of hydrogen-bond acceptors (Lipinski definition) is 5. The SMILES string of the molecule is O=C(CSc1nn(-c2ccccc2)c(=S)s1)N[C@@H]1CCCc2ccccc21. The molecule has 0 aliphatic heterocycles. The Morgan fingerprint density at radius 2 is 2.00 bits per heavy atom. The number of nitrogens with zero attached hydrogens (tertiary/aromatic N) is 2. The van der Waals surface area contributed by atoms with Gasteiger partial charge < -0.3 is 5.32 Å². The zero-order chi connectivity index (χ0) is 18.6. The zero-order valence-electron chi connectivity index (χ0n) is 14.6. The predicted octanol–water partition coefficient (Wildman–Crippen LogP) is 4.95. The fourth-order valence-corrected chi connectivity index (χ4v) is 5.49. The minimum absolute atomic E-state index is 0.0362. The van der Waals surface area contributed by atoms with E-state index in [1.807, 2.05) is 36.4 Å². The molecule has 4 rings (SSSR count). The molecular weight excluding hydrogens is 394 g/mol. The standard InChI is InChI=1S/C20H19N3OS3/c24-18(21-17-12-6-8-14-7-4-5-11-16(14)17)13-26-19-22-23(20(25)27-19)15-9-2-1-3-10-15/h1-5,7,9-11,17H,6,8,12-13H2,(H,21,24)/t17-/m1/s1. The van der Waals surface area contributed by atoms with Crippen molar-refractivity contribution in [2.24, 2.45) is 0 Å². The fourth-order valence-electron chi connectivity index (χ4n) is 3.32. The van der Waals surface area contributed by atoms with Gasteiger partial charge in [0.25, 0.3) is 0 Å². The molecule has 1 heterocycles. The minimum Gasteiger partial charge on any atom is -0.349 e. The van der Waals surface area contributed by atoms with Gasteiger partial charge in [0, 0.05) is 0 Å². The Morgan fingerprint density at radius 1 is 1.22 bits per heavy atom. The van der Waals surface area contributed by atoms with E-state index in [-0.39, 0.29) is 11.9 Å². The molecule has 7 heteroatoms. The Bertz CT molecular complexity index is 997. The van der Waals surface area contributed by atoms with Crippen LogP contribution in [0, 0.1) is 3.95 Å². The van der Waals surface area contributed by atoms with Crippen LogP contribution >= 0.6 is 35.3 Å². The monoisotopic (exact) mass is 413 g/mol. The lowest BCUT2D eigenvalue weighted by molar-refractivity contribution is -0.119. The summed E-state index contributed by atoms with van der Waals surface area (Å²) in [5, 5.41) is 7.73. The molecular formula is C20H19N3OS3. The molecule has 1 aliphatic carbocycles. The summed E-state index contributed by atoms with van der Waals surface area (Å²) in [5.74, 6) is 0.379. The van der Waals surface area contributed by atoms with Gasteiger partial charge in [-0.3, -0.25) is 4.79 Å². The Kier molecular flexibility index (Phi) is 5.71. The van der Waals surface area contributed by atoms with E-state index in [9.17, 15) is 4.79 Å². The quantitative estimate of drug-likeness (QED) is 0.475. The molecule has 0 unspecified atom stereocenters. The van der Waals surface area contributed by atoms with Gasteiger partial charge in [-0.05, 0) is 54.7 Å². The number of benzene rings is 2. The number of rotatable bonds is 5. The van der Waals surface area contributed by atoms with E-state index in [4.69, 9.17) is 12.2 Å². The van der Waals surface area contributed by atoms with Gasteiger partial charge in [-0.2, -0.15) is 0 Å². The maximum absolute atomic E-state index is 12.5. The first-order valence-electron chi connectivity index (χ1n) is 8.86. The minimum atomic E-state index is 0.0362. The molecule has 0 radical (unpaired) electrons. The van der Waals surface area contributed by atoms with Crippen molar-refractivity contribution in [2.45, 2.75) is 29.6 Å². The number of carbonyl (C=O) groups is 1. The third-order valence-corrected chi connectivity index (χ3v) is 6.93. The molecule has 4 nitrogen and oxygen atoms in total. The number of thioether (sulfide) groups is 1. The van der Waals surface area contributed by atoms with Crippen molar-refractivity contribution in [1.29, 1.82) is 0 Å². The van der Waals surface area contributed by atoms with Gasteiger partial charge in [-0.15, -0.1) is 5.10 Å². The largest absolute Gasteiger partial charge is 0.349 e. The van der Waals surface area contributed by atoms with E-state index in [1.165, 1.54) is 34.2 Å². The van der Waals surface area contributed by atoms with E-state index < -0.39 is 0 Å². The van der Waals surface area contributed by atoms with Crippen LogP contribution in [0.3, 0.4) is 0 Å². The van der Waals surface area contributed by atoms with Crippen molar-refractivity contribution in [3.63, 3.8) is 0 Å². The van der Waals surface area contributed by atoms with E-state index in [0.29, 0.717) is 9.71 Å². The molecule has 27 heavy (non-hydrogen) atoms. The summed E-state index contributed by atoms with van der Waals surface area (Å²) in [4.78, 5) is 12.5. The summed E-state index contributed by atoms with van der Waals surface area (Å²) in [7, 11) is 0. The van der Waals surface area contributed by atoms with E-state index >= 15 is 0 Å². The molecule has 2 aromatic carbocycles. The smallest absolute Gasteiger partial charge is 0.230 e. The van der Waals surface area contributed by atoms with Crippen molar-refractivity contribution in [3.05, 3.63) is 69.7 Å².